The Balaban J connectivity index is 1.77. The lowest BCUT2D eigenvalue weighted by Gasteiger charge is -2.06. The van der Waals surface area contributed by atoms with Crippen LogP contribution in [-0.2, 0) is 9.59 Å². The molecule has 0 radical (unpaired) electrons. The van der Waals surface area contributed by atoms with Gasteiger partial charge in [-0.25, -0.2) is 5.43 Å². The maximum atomic E-state index is 11.9. The molecule has 0 aliphatic rings. The Hall–Kier alpha value is -2.66. The summed E-state index contributed by atoms with van der Waals surface area (Å²) in [4.78, 5) is 23.6. The maximum absolute atomic E-state index is 11.9. The third kappa shape index (κ3) is 6.04. The van der Waals surface area contributed by atoms with E-state index in [4.69, 9.17) is 11.6 Å². The summed E-state index contributed by atoms with van der Waals surface area (Å²) in [5.74, 6) is -0.600. The van der Waals surface area contributed by atoms with Crippen LogP contribution in [0.25, 0.3) is 0 Å². The van der Waals surface area contributed by atoms with Crippen molar-refractivity contribution in [2.75, 3.05) is 5.32 Å². The number of amides is 2. The Morgan fingerprint density at radius 2 is 1.80 bits per heavy atom. The second-order valence-corrected chi connectivity index (χ2v) is 6.09. The van der Waals surface area contributed by atoms with Crippen LogP contribution in [0, 0.1) is 13.8 Å². The predicted molar refractivity (Wildman–Crippen MR) is 101 cm³/mol. The van der Waals surface area contributed by atoms with Crippen LogP contribution >= 0.6 is 11.6 Å². The second kappa shape index (κ2) is 8.99. The van der Waals surface area contributed by atoms with Gasteiger partial charge in [0.25, 0.3) is 0 Å². The fourth-order valence-electron chi connectivity index (χ4n) is 2.20. The number of benzene rings is 2. The van der Waals surface area contributed by atoms with Gasteiger partial charge in [0.2, 0.25) is 11.8 Å². The van der Waals surface area contributed by atoms with Crippen molar-refractivity contribution in [2.24, 2.45) is 5.10 Å². The van der Waals surface area contributed by atoms with Crippen LogP contribution in [-0.4, -0.2) is 18.0 Å². The lowest BCUT2D eigenvalue weighted by molar-refractivity contribution is -0.124. The highest BCUT2D eigenvalue weighted by atomic mass is 35.5. The number of para-hydroxylation sites is 1. The average Bonchev–Trinajstić information content (AvgIpc) is 2.57. The molecule has 2 N–H and O–H groups in total. The Kier molecular flexibility index (Phi) is 6.71. The first-order chi connectivity index (χ1) is 12.0. The molecule has 0 atom stereocenters. The summed E-state index contributed by atoms with van der Waals surface area (Å²) in [7, 11) is 0. The fourth-order valence-corrected chi connectivity index (χ4v) is 2.39. The van der Waals surface area contributed by atoms with Crippen molar-refractivity contribution in [3.8, 4) is 0 Å². The summed E-state index contributed by atoms with van der Waals surface area (Å²) in [6.07, 6.45) is 1.69. The molecule has 0 unspecified atom stereocenters. The number of carbonyl (C=O) groups is 2. The lowest BCUT2D eigenvalue weighted by Crippen LogP contribution is -2.20. The topological polar surface area (TPSA) is 70.6 Å². The van der Waals surface area contributed by atoms with E-state index in [0.29, 0.717) is 10.7 Å². The second-order valence-electron chi connectivity index (χ2n) is 5.68. The first kappa shape index (κ1) is 18.7. The van der Waals surface area contributed by atoms with Crippen LogP contribution in [0.5, 0.6) is 0 Å². The van der Waals surface area contributed by atoms with Gasteiger partial charge in [-0.2, -0.15) is 5.10 Å². The quantitative estimate of drug-likeness (QED) is 0.609. The molecule has 0 aliphatic heterocycles. The molecule has 0 aliphatic carbocycles. The number of nitrogens with one attached hydrogen (secondary N) is 2. The van der Waals surface area contributed by atoms with Crippen LogP contribution in [0.1, 0.15) is 29.5 Å². The van der Waals surface area contributed by atoms with Crippen molar-refractivity contribution in [1.82, 2.24) is 5.43 Å². The molecular weight excluding hydrogens is 338 g/mol. The number of hydrogen-bond acceptors (Lipinski definition) is 3. The maximum Gasteiger partial charge on any atom is 0.240 e. The van der Waals surface area contributed by atoms with Crippen LogP contribution in [0.3, 0.4) is 0 Å². The molecular formula is C19H20ClN3O2. The van der Waals surface area contributed by atoms with Crippen LogP contribution in [0.15, 0.2) is 47.6 Å². The van der Waals surface area contributed by atoms with Crippen LogP contribution < -0.4 is 10.7 Å². The number of carbonyl (C=O) groups excluding carboxylic acids is 2. The van der Waals surface area contributed by atoms with Gasteiger partial charge in [-0.3, -0.25) is 9.59 Å². The van der Waals surface area contributed by atoms with Gasteiger partial charge in [-0.15, -0.1) is 0 Å². The molecule has 0 saturated heterocycles. The standard InChI is InChI=1S/C19H20ClN3O2/c1-13-7-8-15(14(2)11-13)12-21-23-19(25)10-9-18(24)22-17-6-4-3-5-16(17)20/h3-8,11-12H,9-10H2,1-2H3,(H,22,24)(H,23,25). The van der Waals surface area contributed by atoms with Crippen molar-refractivity contribution in [1.29, 1.82) is 0 Å². The first-order valence-corrected chi connectivity index (χ1v) is 8.27. The third-order valence-electron chi connectivity index (χ3n) is 3.55. The highest BCUT2D eigenvalue weighted by molar-refractivity contribution is 6.33. The molecule has 0 aromatic heterocycles. The minimum absolute atomic E-state index is 0.0422. The minimum atomic E-state index is -0.324. The number of aryl methyl sites for hydroxylation is 2. The van der Waals surface area contributed by atoms with Gasteiger partial charge < -0.3 is 5.32 Å². The smallest absolute Gasteiger partial charge is 0.240 e. The zero-order chi connectivity index (χ0) is 18.2. The van der Waals surface area contributed by atoms with E-state index in [0.717, 1.165) is 11.1 Å². The Morgan fingerprint density at radius 3 is 2.52 bits per heavy atom. The molecule has 2 amide bonds. The lowest BCUT2D eigenvalue weighted by atomic mass is 10.1. The monoisotopic (exact) mass is 357 g/mol. The predicted octanol–water partition coefficient (Wildman–Crippen LogP) is 3.83. The van der Waals surface area contributed by atoms with Gasteiger partial charge in [0.05, 0.1) is 16.9 Å². The Bertz CT molecular complexity index is 803. The van der Waals surface area contributed by atoms with Crippen molar-refractivity contribution in [3.63, 3.8) is 0 Å². The molecule has 130 valence electrons. The highest BCUT2D eigenvalue weighted by Crippen LogP contribution is 2.20. The van der Waals surface area contributed by atoms with E-state index < -0.39 is 0 Å². The van der Waals surface area contributed by atoms with E-state index in [2.05, 4.69) is 15.8 Å². The van der Waals surface area contributed by atoms with Gasteiger partial charge in [0, 0.05) is 12.8 Å². The summed E-state index contributed by atoms with van der Waals surface area (Å²) in [6.45, 7) is 4.00. The Morgan fingerprint density at radius 1 is 1.08 bits per heavy atom. The molecule has 0 bridgehead atoms. The van der Waals surface area contributed by atoms with Gasteiger partial charge in [0.1, 0.15) is 0 Å². The van der Waals surface area contributed by atoms with E-state index in [1.54, 1.807) is 30.5 Å². The molecule has 0 fully saturated rings. The van der Waals surface area contributed by atoms with E-state index in [1.807, 2.05) is 32.0 Å². The summed E-state index contributed by atoms with van der Waals surface area (Å²) in [5.41, 5.74) is 6.14. The van der Waals surface area contributed by atoms with E-state index in [1.165, 1.54) is 5.56 Å². The van der Waals surface area contributed by atoms with E-state index >= 15 is 0 Å². The van der Waals surface area contributed by atoms with E-state index in [-0.39, 0.29) is 24.7 Å². The van der Waals surface area contributed by atoms with Crippen LogP contribution in [0.4, 0.5) is 5.69 Å². The van der Waals surface area contributed by atoms with Gasteiger partial charge >= 0.3 is 0 Å². The Labute approximate surface area is 152 Å². The molecule has 2 rings (SSSR count). The number of rotatable bonds is 6. The number of hydrazone groups is 1. The zero-order valence-corrected chi connectivity index (χ0v) is 14.9. The largest absolute Gasteiger partial charge is 0.325 e. The molecule has 2 aromatic carbocycles. The van der Waals surface area contributed by atoms with Crippen molar-refractivity contribution in [2.45, 2.75) is 26.7 Å². The molecule has 6 heteroatoms. The van der Waals surface area contributed by atoms with Crippen LogP contribution in [0.2, 0.25) is 5.02 Å². The minimum Gasteiger partial charge on any atom is -0.325 e. The zero-order valence-electron chi connectivity index (χ0n) is 14.2. The molecule has 2 aromatic rings. The molecule has 25 heavy (non-hydrogen) atoms. The summed E-state index contributed by atoms with van der Waals surface area (Å²) in [6, 6.07) is 12.9. The van der Waals surface area contributed by atoms with Crippen molar-refractivity contribution >= 4 is 35.3 Å². The third-order valence-corrected chi connectivity index (χ3v) is 3.87. The molecule has 0 spiro atoms. The molecule has 0 heterocycles. The van der Waals surface area contributed by atoms with Crippen molar-refractivity contribution < 1.29 is 9.59 Å². The number of anilines is 1. The summed E-state index contributed by atoms with van der Waals surface area (Å²) >= 11 is 5.97. The SMILES string of the molecule is Cc1ccc(C=NNC(=O)CCC(=O)Nc2ccccc2Cl)c(C)c1. The van der Waals surface area contributed by atoms with Gasteiger partial charge in [0.15, 0.2) is 0 Å². The average molecular weight is 358 g/mol. The fraction of sp³-hybridized carbons (Fsp3) is 0.211. The molecule has 5 nitrogen and oxygen atoms in total. The van der Waals surface area contributed by atoms with E-state index in [9.17, 15) is 9.59 Å². The summed E-state index contributed by atoms with van der Waals surface area (Å²) < 4.78 is 0. The first-order valence-electron chi connectivity index (χ1n) is 7.89. The number of hydrogen-bond donors (Lipinski definition) is 2. The van der Waals surface area contributed by atoms with Gasteiger partial charge in [-0.1, -0.05) is 47.5 Å². The van der Waals surface area contributed by atoms with Crippen molar-refractivity contribution in [3.05, 3.63) is 64.2 Å². The van der Waals surface area contributed by atoms with Gasteiger partial charge in [-0.05, 0) is 37.1 Å². The molecule has 0 saturated carbocycles. The summed E-state index contributed by atoms with van der Waals surface area (Å²) in [5, 5.41) is 7.06. The number of nitrogens with zero attached hydrogens (tertiary/aromatic N) is 1. The highest BCUT2D eigenvalue weighted by Gasteiger charge is 2.08. The number of halogens is 1. The normalized spacial score (nSPS) is 10.7.